The normalized spacial score (nSPS) is 14.5. The third-order valence-corrected chi connectivity index (χ3v) is 3.80. The number of nitrogens with one attached hydrogen (secondary N) is 1. The van der Waals surface area contributed by atoms with Crippen LogP contribution in [0.1, 0.15) is 22.3 Å². The zero-order valence-corrected chi connectivity index (χ0v) is 11.9. The van der Waals surface area contributed by atoms with E-state index >= 15 is 0 Å². The maximum Gasteiger partial charge on any atom is 0.416 e. The second-order valence-corrected chi connectivity index (χ2v) is 5.30. The molecular formula is C17H16F3NO. The summed E-state index contributed by atoms with van der Waals surface area (Å²) in [6.45, 7) is 1.99. The van der Waals surface area contributed by atoms with Gasteiger partial charge in [-0.1, -0.05) is 24.3 Å². The average Bonchev–Trinajstić information content (AvgIpc) is 2.52. The van der Waals surface area contributed by atoms with Crippen molar-refractivity contribution >= 4 is 0 Å². The summed E-state index contributed by atoms with van der Waals surface area (Å²) in [7, 11) is 0. The minimum atomic E-state index is -4.35. The summed E-state index contributed by atoms with van der Waals surface area (Å²) < 4.78 is 43.6. The quantitative estimate of drug-likeness (QED) is 0.927. The smallest absolute Gasteiger partial charge is 0.416 e. The van der Waals surface area contributed by atoms with E-state index in [4.69, 9.17) is 4.74 Å². The van der Waals surface area contributed by atoms with E-state index in [-0.39, 0.29) is 12.4 Å². The predicted octanol–water partition coefficient (Wildman–Crippen LogP) is 3.93. The molecule has 0 bridgehead atoms. The Bertz CT molecular complexity index is 667. The molecule has 0 radical (unpaired) electrons. The molecule has 0 atom stereocenters. The molecule has 1 aliphatic rings. The van der Waals surface area contributed by atoms with Crippen molar-refractivity contribution in [3.8, 4) is 5.75 Å². The molecule has 5 heteroatoms. The fourth-order valence-corrected chi connectivity index (χ4v) is 2.64. The fraction of sp³-hybridized carbons (Fsp3) is 0.294. The molecule has 1 aliphatic heterocycles. The highest BCUT2D eigenvalue weighted by Crippen LogP contribution is 2.31. The minimum absolute atomic E-state index is 0.233. The van der Waals surface area contributed by atoms with Crippen LogP contribution in [0.3, 0.4) is 0 Å². The van der Waals surface area contributed by atoms with Gasteiger partial charge in [0.25, 0.3) is 0 Å². The monoisotopic (exact) mass is 307 g/mol. The first kappa shape index (κ1) is 14.9. The first-order valence-corrected chi connectivity index (χ1v) is 7.14. The largest absolute Gasteiger partial charge is 0.489 e. The van der Waals surface area contributed by atoms with Crippen molar-refractivity contribution in [3.63, 3.8) is 0 Å². The molecule has 22 heavy (non-hydrogen) atoms. The molecule has 1 N–H and O–H groups in total. The zero-order valence-electron chi connectivity index (χ0n) is 11.9. The summed E-state index contributed by atoms with van der Waals surface area (Å²) in [6.07, 6.45) is -3.39. The number of fused-ring (bicyclic) bond motifs is 1. The lowest BCUT2D eigenvalue weighted by atomic mass is 9.96. The number of hydrogen-bond acceptors (Lipinski definition) is 2. The van der Waals surface area contributed by atoms with Crippen molar-refractivity contribution in [1.82, 2.24) is 5.32 Å². The van der Waals surface area contributed by atoms with Crippen LogP contribution >= 0.6 is 0 Å². The SMILES string of the molecule is FC(F)(F)c1cccc(OCc2cccc3c2CNCC3)c1. The summed E-state index contributed by atoms with van der Waals surface area (Å²) in [6, 6.07) is 11.0. The minimum Gasteiger partial charge on any atom is -0.489 e. The van der Waals surface area contributed by atoms with Gasteiger partial charge < -0.3 is 10.1 Å². The third kappa shape index (κ3) is 3.25. The van der Waals surface area contributed by atoms with Gasteiger partial charge in [0.15, 0.2) is 0 Å². The molecule has 0 unspecified atom stereocenters. The molecule has 2 nitrogen and oxygen atoms in total. The Kier molecular flexibility index (Phi) is 4.07. The van der Waals surface area contributed by atoms with Crippen molar-refractivity contribution in [2.24, 2.45) is 0 Å². The number of alkyl halides is 3. The van der Waals surface area contributed by atoms with E-state index in [1.807, 2.05) is 12.1 Å². The van der Waals surface area contributed by atoms with Crippen molar-refractivity contribution in [3.05, 3.63) is 64.7 Å². The van der Waals surface area contributed by atoms with E-state index in [1.54, 1.807) is 6.07 Å². The lowest BCUT2D eigenvalue weighted by Crippen LogP contribution is -2.25. The highest BCUT2D eigenvalue weighted by atomic mass is 19.4. The first-order valence-electron chi connectivity index (χ1n) is 7.14. The van der Waals surface area contributed by atoms with E-state index in [9.17, 15) is 13.2 Å². The van der Waals surface area contributed by atoms with Crippen molar-refractivity contribution < 1.29 is 17.9 Å². The van der Waals surface area contributed by atoms with Gasteiger partial charge in [0.1, 0.15) is 12.4 Å². The van der Waals surface area contributed by atoms with Crippen LogP contribution in [0.15, 0.2) is 42.5 Å². The molecule has 0 saturated carbocycles. The summed E-state index contributed by atoms with van der Waals surface area (Å²) >= 11 is 0. The highest BCUT2D eigenvalue weighted by molar-refractivity contribution is 5.37. The summed E-state index contributed by atoms with van der Waals surface area (Å²) in [5.41, 5.74) is 2.80. The van der Waals surface area contributed by atoms with Crippen molar-refractivity contribution in [2.75, 3.05) is 6.54 Å². The van der Waals surface area contributed by atoms with Crippen molar-refractivity contribution in [2.45, 2.75) is 25.7 Å². The first-order chi connectivity index (χ1) is 10.5. The van der Waals surface area contributed by atoms with Gasteiger partial charge in [-0.15, -0.1) is 0 Å². The maximum absolute atomic E-state index is 12.7. The number of benzene rings is 2. The number of ether oxygens (including phenoxy) is 1. The second-order valence-electron chi connectivity index (χ2n) is 5.30. The second kappa shape index (κ2) is 6.01. The molecular weight excluding hydrogens is 291 g/mol. The zero-order chi connectivity index (χ0) is 15.6. The summed E-state index contributed by atoms with van der Waals surface area (Å²) in [5.74, 6) is 0.233. The maximum atomic E-state index is 12.7. The molecule has 0 fully saturated rings. The Balaban J connectivity index is 1.76. The topological polar surface area (TPSA) is 21.3 Å². The van der Waals surface area contributed by atoms with E-state index in [0.29, 0.717) is 0 Å². The van der Waals surface area contributed by atoms with Gasteiger partial charge in [-0.05, 0) is 47.9 Å². The van der Waals surface area contributed by atoms with Gasteiger partial charge in [0.05, 0.1) is 5.56 Å². The van der Waals surface area contributed by atoms with E-state index in [2.05, 4.69) is 11.4 Å². The van der Waals surface area contributed by atoms with Crippen LogP contribution in [-0.2, 0) is 25.7 Å². The van der Waals surface area contributed by atoms with E-state index in [0.717, 1.165) is 37.2 Å². The molecule has 2 aromatic carbocycles. The average molecular weight is 307 g/mol. The third-order valence-electron chi connectivity index (χ3n) is 3.80. The summed E-state index contributed by atoms with van der Waals surface area (Å²) in [4.78, 5) is 0. The van der Waals surface area contributed by atoms with Crippen LogP contribution in [0.5, 0.6) is 5.75 Å². The molecule has 3 rings (SSSR count). The Morgan fingerprint density at radius 3 is 2.73 bits per heavy atom. The Hall–Kier alpha value is -2.01. The standard InChI is InChI=1S/C17H16F3NO/c18-17(19,20)14-5-2-6-15(9-14)22-11-13-4-1-3-12-7-8-21-10-16(12)13/h1-6,9,21H,7-8,10-11H2. The van der Waals surface area contributed by atoms with Crippen LogP contribution in [0.25, 0.3) is 0 Å². The van der Waals surface area contributed by atoms with Gasteiger partial charge >= 0.3 is 6.18 Å². The van der Waals surface area contributed by atoms with Crippen LogP contribution in [0, 0.1) is 0 Å². The molecule has 0 spiro atoms. The molecule has 0 saturated heterocycles. The van der Waals surface area contributed by atoms with Gasteiger partial charge in [0, 0.05) is 6.54 Å². The lowest BCUT2D eigenvalue weighted by Gasteiger charge is -2.20. The summed E-state index contributed by atoms with van der Waals surface area (Å²) in [5, 5.41) is 3.30. The Morgan fingerprint density at radius 2 is 1.91 bits per heavy atom. The molecule has 0 aromatic heterocycles. The molecule has 2 aromatic rings. The van der Waals surface area contributed by atoms with E-state index < -0.39 is 11.7 Å². The lowest BCUT2D eigenvalue weighted by molar-refractivity contribution is -0.137. The molecule has 116 valence electrons. The number of rotatable bonds is 3. The predicted molar refractivity (Wildman–Crippen MR) is 77.6 cm³/mol. The molecule has 0 amide bonds. The van der Waals surface area contributed by atoms with Crippen LogP contribution < -0.4 is 10.1 Å². The van der Waals surface area contributed by atoms with E-state index in [1.165, 1.54) is 17.2 Å². The van der Waals surface area contributed by atoms with Crippen molar-refractivity contribution in [1.29, 1.82) is 0 Å². The Labute approximate surface area is 126 Å². The van der Waals surface area contributed by atoms with Gasteiger partial charge in [-0.25, -0.2) is 0 Å². The van der Waals surface area contributed by atoms with Gasteiger partial charge in [-0.2, -0.15) is 13.2 Å². The highest BCUT2D eigenvalue weighted by Gasteiger charge is 2.30. The Morgan fingerprint density at radius 1 is 1.09 bits per heavy atom. The number of halogens is 3. The van der Waals surface area contributed by atoms with Crippen LogP contribution in [-0.4, -0.2) is 6.54 Å². The molecule has 1 heterocycles. The van der Waals surface area contributed by atoms with Crippen LogP contribution in [0.2, 0.25) is 0 Å². The fourth-order valence-electron chi connectivity index (χ4n) is 2.64. The van der Waals surface area contributed by atoms with Gasteiger partial charge in [-0.3, -0.25) is 0 Å². The van der Waals surface area contributed by atoms with Gasteiger partial charge in [0.2, 0.25) is 0 Å². The molecule has 0 aliphatic carbocycles. The number of hydrogen-bond donors (Lipinski definition) is 1. The van der Waals surface area contributed by atoms with Crippen LogP contribution in [0.4, 0.5) is 13.2 Å².